The predicted molar refractivity (Wildman–Crippen MR) is 64.6 cm³/mol. The van der Waals surface area contributed by atoms with Crippen molar-refractivity contribution in [2.75, 3.05) is 6.61 Å². The molecule has 0 saturated carbocycles. The number of hydrogen-bond acceptors (Lipinski definition) is 3. The fraction of sp³-hybridized carbons (Fsp3) is 0.273. The summed E-state index contributed by atoms with van der Waals surface area (Å²) in [6.45, 7) is 3.95. The van der Waals surface area contributed by atoms with Crippen molar-refractivity contribution < 1.29 is 9.53 Å². The summed E-state index contributed by atoms with van der Waals surface area (Å²) in [5.41, 5.74) is 1.85. The van der Waals surface area contributed by atoms with Gasteiger partial charge in [0.25, 0.3) is 0 Å². The summed E-state index contributed by atoms with van der Waals surface area (Å²) in [4.78, 5) is 11.4. The Hall–Kier alpha value is -1.09. The van der Waals surface area contributed by atoms with Crippen molar-refractivity contribution in [3.63, 3.8) is 0 Å². The molecule has 0 spiro atoms. The second-order valence-electron chi connectivity index (χ2n) is 2.96. The van der Waals surface area contributed by atoms with Crippen molar-refractivity contribution in [3.05, 3.63) is 32.4 Å². The molecule has 0 saturated heterocycles. The van der Waals surface area contributed by atoms with Gasteiger partial charge in [-0.1, -0.05) is 0 Å². The molecule has 0 bridgehead atoms. The average Bonchev–Trinajstić information content (AvgIpc) is 2.22. The largest absolute Gasteiger partial charge is 0.462 e. The van der Waals surface area contributed by atoms with Gasteiger partial charge in [-0.15, -0.1) is 0 Å². The van der Waals surface area contributed by atoms with E-state index in [0.29, 0.717) is 17.7 Å². The van der Waals surface area contributed by atoms with Gasteiger partial charge in [-0.05, 0) is 54.1 Å². The molecule has 4 heteroatoms. The van der Waals surface area contributed by atoms with Crippen molar-refractivity contribution in [1.82, 2.24) is 0 Å². The van der Waals surface area contributed by atoms with E-state index >= 15 is 0 Å². The van der Waals surface area contributed by atoms with Crippen LogP contribution in [0.25, 0.3) is 0 Å². The van der Waals surface area contributed by atoms with Crippen LogP contribution in [0.5, 0.6) is 0 Å². The summed E-state index contributed by atoms with van der Waals surface area (Å²) in [5, 5.41) is 8.87. The Bertz CT molecular complexity index is 435. The first-order valence-corrected chi connectivity index (χ1v) is 5.55. The Balaban J connectivity index is 3.18. The maximum Gasteiger partial charge on any atom is 0.338 e. The normalized spacial score (nSPS) is 9.47. The molecule has 15 heavy (non-hydrogen) atoms. The summed E-state index contributed by atoms with van der Waals surface area (Å²) in [6, 6.07) is 5.36. The number of carbonyl (C=O) groups is 1. The number of halogens is 1. The Kier molecular flexibility index (Phi) is 4.09. The van der Waals surface area contributed by atoms with Crippen LogP contribution in [0.2, 0.25) is 0 Å². The number of nitriles is 1. The van der Waals surface area contributed by atoms with Gasteiger partial charge in [-0.25, -0.2) is 4.79 Å². The summed E-state index contributed by atoms with van der Waals surface area (Å²) < 4.78 is 5.77. The van der Waals surface area contributed by atoms with Gasteiger partial charge < -0.3 is 4.74 Å². The van der Waals surface area contributed by atoms with E-state index in [2.05, 4.69) is 28.7 Å². The second kappa shape index (κ2) is 5.12. The van der Waals surface area contributed by atoms with Crippen LogP contribution in [0.3, 0.4) is 0 Å². The van der Waals surface area contributed by atoms with Crippen molar-refractivity contribution >= 4 is 28.6 Å². The number of hydrogen-bond donors (Lipinski definition) is 0. The number of rotatable bonds is 2. The highest BCUT2D eigenvalue weighted by Crippen LogP contribution is 2.18. The van der Waals surface area contributed by atoms with Crippen LogP contribution in [0.1, 0.15) is 28.4 Å². The lowest BCUT2D eigenvalue weighted by molar-refractivity contribution is 0.0526. The van der Waals surface area contributed by atoms with Crippen LogP contribution in [-0.2, 0) is 4.74 Å². The van der Waals surface area contributed by atoms with Gasteiger partial charge in [0.15, 0.2) is 0 Å². The van der Waals surface area contributed by atoms with Crippen LogP contribution >= 0.6 is 22.6 Å². The van der Waals surface area contributed by atoms with Gasteiger partial charge in [-0.2, -0.15) is 5.26 Å². The standard InChI is InChI=1S/C11H10INO2/c1-3-15-11(14)8-4-9(6-13)7(2)10(12)5-8/h4-5H,3H2,1-2H3. The van der Waals surface area contributed by atoms with Gasteiger partial charge in [0.05, 0.1) is 23.8 Å². The maximum absolute atomic E-state index is 11.4. The van der Waals surface area contributed by atoms with E-state index in [1.54, 1.807) is 19.1 Å². The molecule has 0 heterocycles. The number of esters is 1. The Morgan fingerprint density at radius 3 is 2.80 bits per heavy atom. The molecule has 0 fully saturated rings. The van der Waals surface area contributed by atoms with Gasteiger partial charge in [0.1, 0.15) is 0 Å². The molecule has 0 aliphatic heterocycles. The summed E-state index contributed by atoms with van der Waals surface area (Å²) >= 11 is 2.10. The third kappa shape index (κ3) is 2.69. The quantitative estimate of drug-likeness (QED) is 0.623. The third-order valence-corrected chi connectivity index (χ3v) is 3.10. The Morgan fingerprint density at radius 1 is 1.60 bits per heavy atom. The topological polar surface area (TPSA) is 50.1 Å². The SMILES string of the molecule is CCOC(=O)c1cc(I)c(C)c(C#N)c1. The fourth-order valence-electron chi connectivity index (χ4n) is 1.13. The van der Waals surface area contributed by atoms with Crippen LogP contribution in [0.15, 0.2) is 12.1 Å². The Morgan fingerprint density at radius 2 is 2.27 bits per heavy atom. The molecule has 0 N–H and O–H groups in total. The van der Waals surface area contributed by atoms with E-state index in [-0.39, 0.29) is 5.97 Å². The second-order valence-corrected chi connectivity index (χ2v) is 4.13. The van der Waals surface area contributed by atoms with Crippen LogP contribution in [0.4, 0.5) is 0 Å². The zero-order valence-electron chi connectivity index (χ0n) is 8.50. The molecular formula is C11H10INO2. The molecule has 0 aliphatic rings. The molecule has 0 aliphatic carbocycles. The van der Waals surface area contributed by atoms with E-state index in [4.69, 9.17) is 10.00 Å². The highest BCUT2D eigenvalue weighted by molar-refractivity contribution is 14.1. The van der Waals surface area contributed by atoms with Crippen molar-refractivity contribution in [1.29, 1.82) is 5.26 Å². The van der Waals surface area contributed by atoms with Crippen molar-refractivity contribution in [2.24, 2.45) is 0 Å². The van der Waals surface area contributed by atoms with Gasteiger partial charge in [0, 0.05) is 3.57 Å². The molecule has 0 unspecified atom stereocenters. The molecule has 1 aromatic rings. The van der Waals surface area contributed by atoms with Gasteiger partial charge in [0.2, 0.25) is 0 Å². The minimum Gasteiger partial charge on any atom is -0.462 e. The Labute approximate surface area is 102 Å². The zero-order valence-corrected chi connectivity index (χ0v) is 10.7. The zero-order chi connectivity index (χ0) is 11.4. The van der Waals surface area contributed by atoms with E-state index in [1.165, 1.54) is 0 Å². The third-order valence-electron chi connectivity index (χ3n) is 1.98. The predicted octanol–water partition coefficient (Wildman–Crippen LogP) is 2.65. The minimum atomic E-state index is -0.382. The lowest BCUT2D eigenvalue weighted by Crippen LogP contribution is -2.06. The van der Waals surface area contributed by atoms with E-state index < -0.39 is 0 Å². The highest BCUT2D eigenvalue weighted by atomic mass is 127. The first kappa shape index (κ1) is 12.0. The van der Waals surface area contributed by atoms with Crippen LogP contribution < -0.4 is 0 Å². The average molecular weight is 315 g/mol. The highest BCUT2D eigenvalue weighted by Gasteiger charge is 2.11. The van der Waals surface area contributed by atoms with Crippen molar-refractivity contribution in [2.45, 2.75) is 13.8 Å². The van der Waals surface area contributed by atoms with Crippen LogP contribution in [0, 0.1) is 21.8 Å². The number of carbonyl (C=O) groups excluding carboxylic acids is 1. The number of benzene rings is 1. The smallest absolute Gasteiger partial charge is 0.338 e. The van der Waals surface area contributed by atoms with Crippen LogP contribution in [-0.4, -0.2) is 12.6 Å². The molecule has 1 aromatic carbocycles. The molecule has 3 nitrogen and oxygen atoms in total. The molecule has 1 rings (SSSR count). The van der Waals surface area contributed by atoms with E-state index in [0.717, 1.165) is 9.13 Å². The van der Waals surface area contributed by atoms with Crippen molar-refractivity contribution in [3.8, 4) is 6.07 Å². The fourth-order valence-corrected chi connectivity index (χ4v) is 1.75. The minimum absolute atomic E-state index is 0.338. The molecular weight excluding hydrogens is 305 g/mol. The molecule has 0 radical (unpaired) electrons. The molecule has 78 valence electrons. The number of nitrogens with zero attached hydrogens (tertiary/aromatic N) is 1. The monoisotopic (exact) mass is 315 g/mol. The van der Waals surface area contributed by atoms with Gasteiger partial charge >= 0.3 is 5.97 Å². The summed E-state index contributed by atoms with van der Waals surface area (Å²) in [5.74, 6) is -0.382. The summed E-state index contributed by atoms with van der Waals surface area (Å²) in [6.07, 6.45) is 0. The lowest BCUT2D eigenvalue weighted by atomic mass is 10.1. The first-order chi connectivity index (χ1) is 7.10. The summed E-state index contributed by atoms with van der Waals surface area (Å²) in [7, 11) is 0. The first-order valence-electron chi connectivity index (χ1n) is 4.47. The number of ether oxygens (including phenoxy) is 1. The lowest BCUT2D eigenvalue weighted by Gasteiger charge is -2.05. The van der Waals surface area contributed by atoms with E-state index in [9.17, 15) is 4.79 Å². The molecule has 0 amide bonds. The van der Waals surface area contributed by atoms with Gasteiger partial charge in [-0.3, -0.25) is 0 Å². The van der Waals surface area contributed by atoms with E-state index in [1.807, 2.05) is 6.92 Å². The maximum atomic E-state index is 11.4. The molecule has 0 atom stereocenters. The molecule has 0 aromatic heterocycles.